The van der Waals surface area contributed by atoms with Crippen LogP contribution in [0.1, 0.15) is 37.3 Å². The van der Waals surface area contributed by atoms with Gasteiger partial charge in [-0.1, -0.05) is 52.4 Å². The molecule has 5 heteroatoms. The first-order chi connectivity index (χ1) is 11.7. The van der Waals surface area contributed by atoms with Crippen molar-refractivity contribution in [3.8, 4) is 5.75 Å². The molecule has 1 saturated carbocycles. The Labute approximate surface area is 153 Å². The average Bonchev–Trinajstić information content (AvgIpc) is 3.21. The molecule has 24 heavy (non-hydrogen) atoms. The molecule has 0 amide bonds. The Bertz CT molecular complexity index is 925. The van der Waals surface area contributed by atoms with E-state index in [-0.39, 0.29) is 5.56 Å². The number of nitrogens with zero attached hydrogens (tertiary/aromatic N) is 1. The minimum Gasteiger partial charge on any atom is -0.489 e. The van der Waals surface area contributed by atoms with E-state index in [2.05, 4.69) is 15.9 Å². The zero-order chi connectivity index (χ0) is 16.5. The fourth-order valence-electron chi connectivity index (χ4n) is 3.28. The maximum Gasteiger partial charge on any atom is 0.268 e. The largest absolute Gasteiger partial charge is 0.489 e. The Morgan fingerprint density at radius 1 is 1.17 bits per heavy atom. The molecule has 0 unspecified atom stereocenters. The van der Waals surface area contributed by atoms with Gasteiger partial charge in [0, 0.05) is 10.5 Å². The number of fused-ring (bicyclic) bond motifs is 1. The van der Waals surface area contributed by atoms with Gasteiger partial charge < -0.3 is 4.74 Å². The van der Waals surface area contributed by atoms with Gasteiger partial charge in [0.1, 0.15) is 12.4 Å². The molecule has 1 aliphatic carbocycles. The first kappa shape index (κ1) is 15.9. The Kier molecular flexibility index (Phi) is 4.46. The van der Waals surface area contributed by atoms with E-state index in [1.807, 2.05) is 46.4 Å². The molecule has 0 bridgehead atoms. The van der Waals surface area contributed by atoms with Crippen molar-refractivity contribution in [2.24, 2.45) is 0 Å². The number of aromatic nitrogens is 1. The third kappa shape index (κ3) is 3.15. The standard InChI is InChI=1S/C19H18BrNO2S/c20-14-5-3-4-13(10-14)12-23-16-8-9-17-18(11-16)24-21(19(17)22)15-6-1-2-7-15/h3-5,8-11,15H,1-2,6-7,12H2. The Morgan fingerprint density at radius 3 is 2.79 bits per heavy atom. The summed E-state index contributed by atoms with van der Waals surface area (Å²) in [4.78, 5) is 12.6. The number of ether oxygens (including phenoxy) is 1. The highest BCUT2D eigenvalue weighted by Gasteiger charge is 2.21. The van der Waals surface area contributed by atoms with Crippen molar-refractivity contribution >= 4 is 37.5 Å². The third-order valence-corrected chi connectivity index (χ3v) is 6.22. The highest BCUT2D eigenvalue weighted by atomic mass is 79.9. The van der Waals surface area contributed by atoms with Gasteiger partial charge in [-0.3, -0.25) is 8.75 Å². The first-order valence-corrected chi connectivity index (χ1v) is 9.80. The van der Waals surface area contributed by atoms with Crippen LogP contribution in [0.15, 0.2) is 51.7 Å². The normalized spacial score (nSPS) is 15.2. The summed E-state index contributed by atoms with van der Waals surface area (Å²) < 4.78 is 9.93. The highest BCUT2D eigenvalue weighted by Crippen LogP contribution is 2.33. The molecule has 3 aromatic rings. The maximum atomic E-state index is 12.6. The van der Waals surface area contributed by atoms with Crippen LogP contribution in [-0.2, 0) is 6.61 Å². The lowest BCUT2D eigenvalue weighted by molar-refractivity contribution is 0.306. The lowest BCUT2D eigenvalue weighted by Crippen LogP contribution is -2.16. The van der Waals surface area contributed by atoms with E-state index in [0.29, 0.717) is 12.6 Å². The summed E-state index contributed by atoms with van der Waals surface area (Å²) in [6.07, 6.45) is 4.70. The number of halogens is 1. The van der Waals surface area contributed by atoms with E-state index >= 15 is 0 Å². The van der Waals surface area contributed by atoms with Gasteiger partial charge in [-0.25, -0.2) is 0 Å². The number of benzene rings is 2. The molecule has 0 aliphatic heterocycles. The lowest BCUT2D eigenvalue weighted by Gasteiger charge is -2.07. The number of hydrogen-bond acceptors (Lipinski definition) is 3. The molecule has 0 saturated heterocycles. The van der Waals surface area contributed by atoms with Crippen molar-refractivity contribution in [2.45, 2.75) is 38.3 Å². The van der Waals surface area contributed by atoms with Gasteiger partial charge in [0.2, 0.25) is 0 Å². The second-order valence-electron chi connectivity index (χ2n) is 6.24. The second kappa shape index (κ2) is 6.73. The van der Waals surface area contributed by atoms with Crippen LogP contribution in [0, 0.1) is 0 Å². The fourth-order valence-corrected chi connectivity index (χ4v) is 4.91. The Hall–Kier alpha value is -1.59. The average molecular weight is 404 g/mol. The third-order valence-electron chi connectivity index (χ3n) is 4.53. The predicted octanol–water partition coefficient (Wildman–Crippen LogP) is 5.52. The molecule has 1 aliphatic rings. The molecule has 0 N–H and O–H groups in total. The van der Waals surface area contributed by atoms with Crippen LogP contribution >= 0.6 is 27.5 Å². The van der Waals surface area contributed by atoms with E-state index < -0.39 is 0 Å². The number of rotatable bonds is 4. The van der Waals surface area contributed by atoms with Crippen LogP contribution in [0.2, 0.25) is 0 Å². The van der Waals surface area contributed by atoms with E-state index in [1.165, 1.54) is 12.8 Å². The molecule has 1 fully saturated rings. The Morgan fingerprint density at radius 2 is 2.00 bits per heavy atom. The SMILES string of the molecule is O=c1c2ccc(OCc3cccc(Br)c3)cc2sn1C1CCCC1. The zero-order valence-electron chi connectivity index (χ0n) is 13.2. The molecule has 0 spiro atoms. The highest BCUT2D eigenvalue weighted by molar-refractivity contribution is 9.10. The summed E-state index contributed by atoms with van der Waals surface area (Å²) in [5.74, 6) is 0.808. The van der Waals surface area contributed by atoms with Gasteiger partial charge in [0.05, 0.1) is 10.1 Å². The van der Waals surface area contributed by atoms with Gasteiger partial charge in [0.25, 0.3) is 5.56 Å². The van der Waals surface area contributed by atoms with Crippen LogP contribution in [0.25, 0.3) is 10.1 Å². The van der Waals surface area contributed by atoms with Crippen molar-refractivity contribution < 1.29 is 4.74 Å². The summed E-state index contributed by atoms with van der Waals surface area (Å²) in [5, 5.41) is 0.807. The van der Waals surface area contributed by atoms with Crippen molar-refractivity contribution in [1.82, 2.24) is 3.96 Å². The van der Waals surface area contributed by atoms with Crippen LogP contribution < -0.4 is 10.3 Å². The van der Waals surface area contributed by atoms with Crippen LogP contribution in [-0.4, -0.2) is 3.96 Å². The molecule has 3 nitrogen and oxygen atoms in total. The number of hydrogen-bond donors (Lipinski definition) is 0. The molecule has 124 valence electrons. The maximum absolute atomic E-state index is 12.6. The van der Waals surface area contributed by atoms with E-state index in [0.717, 1.165) is 38.7 Å². The summed E-state index contributed by atoms with van der Waals surface area (Å²) >= 11 is 5.05. The van der Waals surface area contributed by atoms with Crippen molar-refractivity contribution in [2.75, 3.05) is 0 Å². The van der Waals surface area contributed by atoms with Gasteiger partial charge >= 0.3 is 0 Å². The molecule has 1 aromatic heterocycles. The zero-order valence-corrected chi connectivity index (χ0v) is 15.6. The molecule has 0 radical (unpaired) electrons. The van der Waals surface area contributed by atoms with Crippen LogP contribution in [0.3, 0.4) is 0 Å². The van der Waals surface area contributed by atoms with Gasteiger partial charge in [0.15, 0.2) is 0 Å². The second-order valence-corrected chi connectivity index (χ2v) is 8.17. The summed E-state index contributed by atoms with van der Waals surface area (Å²) in [6, 6.07) is 14.3. The summed E-state index contributed by atoms with van der Waals surface area (Å²) in [7, 11) is 0. The molecule has 2 aromatic carbocycles. The molecule has 1 heterocycles. The Balaban J connectivity index is 1.57. The van der Waals surface area contributed by atoms with Gasteiger partial charge in [-0.2, -0.15) is 0 Å². The predicted molar refractivity (Wildman–Crippen MR) is 102 cm³/mol. The van der Waals surface area contributed by atoms with Crippen molar-refractivity contribution in [1.29, 1.82) is 0 Å². The monoisotopic (exact) mass is 403 g/mol. The molecular formula is C19H18BrNO2S. The summed E-state index contributed by atoms with van der Waals surface area (Å²) in [6.45, 7) is 0.517. The molecule has 0 atom stereocenters. The van der Waals surface area contributed by atoms with Crippen LogP contribution in [0.4, 0.5) is 0 Å². The van der Waals surface area contributed by atoms with Crippen molar-refractivity contribution in [3.05, 3.63) is 62.9 Å². The molecular weight excluding hydrogens is 386 g/mol. The van der Waals surface area contributed by atoms with E-state index in [4.69, 9.17) is 4.74 Å². The lowest BCUT2D eigenvalue weighted by atomic mass is 10.2. The van der Waals surface area contributed by atoms with Gasteiger partial charge in [-0.15, -0.1) is 0 Å². The fraction of sp³-hybridized carbons (Fsp3) is 0.316. The first-order valence-electron chi connectivity index (χ1n) is 8.23. The quantitative estimate of drug-likeness (QED) is 0.574. The van der Waals surface area contributed by atoms with Crippen molar-refractivity contribution in [3.63, 3.8) is 0 Å². The smallest absolute Gasteiger partial charge is 0.268 e. The van der Waals surface area contributed by atoms with Crippen LogP contribution in [0.5, 0.6) is 5.75 Å². The van der Waals surface area contributed by atoms with E-state index in [1.54, 1.807) is 11.5 Å². The molecule has 4 rings (SSSR count). The van der Waals surface area contributed by atoms with Gasteiger partial charge in [-0.05, 0) is 48.7 Å². The van der Waals surface area contributed by atoms with E-state index in [9.17, 15) is 4.79 Å². The summed E-state index contributed by atoms with van der Waals surface area (Å²) in [5.41, 5.74) is 1.27. The minimum absolute atomic E-state index is 0.153. The minimum atomic E-state index is 0.153. The topological polar surface area (TPSA) is 31.2 Å².